The zero-order chi connectivity index (χ0) is 13.2. The molecule has 0 amide bonds. The molecule has 0 spiro atoms. The Hall–Kier alpha value is -0.720. The van der Waals surface area contributed by atoms with Crippen molar-refractivity contribution in [1.29, 1.82) is 0 Å². The normalized spacial score (nSPS) is 24.4. The van der Waals surface area contributed by atoms with Crippen molar-refractivity contribution in [3.63, 3.8) is 0 Å². The van der Waals surface area contributed by atoms with E-state index < -0.39 is 5.51 Å². The number of benzene rings is 1. The highest BCUT2D eigenvalue weighted by atomic mass is 32.2. The number of alkyl halides is 3. The van der Waals surface area contributed by atoms with Crippen LogP contribution in [0.25, 0.3) is 0 Å². The molecule has 0 aromatic heterocycles. The highest BCUT2D eigenvalue weighted by Crippen LogP contribution is 2.39. The van der Waals surface area contributed by atoms with Crippen LogP contribution in [0.3, 0.4) is 0 Å². The molecule has 1 N–H and O–H groups in total. The van der Waals surface area contributed by atoms with Crippen molar-refractivity contribution < 1.29 is 23.0 Å². The number of thioether (sulfide) groups is 1. The van der Waals surface area contributed by atoms with Crippen LogP contribution < -0.4 is 0 Å². The van der Waals surface area contributed by atoms with Crippen LogP contribution in [0.15, 0.2) is 29.2 Å². The molecular weight excluding hydrogens is 265 g/mol. The molecule has 1 aromatic carbocycles. The van der Waals surface area contributed by atoms with Crippen LogP contribution in [0.1, 0.15) is 18.1 Å². The van der Waals surface area contributed by atoms with E-state index in [-0.39, 0.29) is 35.3 Å². The number of aliphatic hydroxyl groups excluding tert-OH is 1. The number of hydrogen-bond donors (Lipinski definition) is 1. The van der Waals surface area contributed by atoms with Crippen molar-refractivity contribution in [2.24, 2.45) is 5.92 Å². The molecule has 6 heteroatoms. The lowest BCUT2D eigenvalue weighted by molar-refractivity contribution is -0.0328. The molecule has 2 unspecified atom stereocenters. The number of hydrogen-bond acceptors (Lipinski definition) is 3. The first-order valence-corrected chi connectivity index (χ1v) is 6.39. The van der Waals surface area contributed by atoms with E-state index in [0.717, 1.165) is 12.0 Å². The Morgan fingerprint density at radius 1 is 1.28 bits per heavy atom. The van der Waals surface area contributed by atoms with Crippen molar-refractivity contribution in [2.45, 2.75) is 22.9 Å². The van der Waals surface area contributed by atoms with Gasteiger partial charge in [-0.2, -0.15) is 13.2 Å². The van der Waals surface area contributed by atoms with E-state index in [9.17, 15) is 18.3 Å². The summed E-state index contributed by atoms with van der Waals surface area (Å²) in [6.07, 6.45) is 0.570. The van der Waals surface area contributed by atoms with Gasteiger partial charge >= 0.3 is 5.51 Å². The van der Waals surface area contributed by atoms with Crippen LogP contribution >= 0.6 is 11.8 Å². The van der Waals surface area contributed by atoms with E-state index >= 15 is 0 Å². The van der Waals surface area contributed by atoms with E-state index in [4.69, 9.17) is 4.74 Å². The van der Waals surface area contributed by atoms with Crippen LogP contribution in [-0.2, 0) is 4.74 Å². The largest absolute Gasteiger partial charge is 0.446 e. The van der Waals surface area contributed by atoms with Crippen LogP contribution in [0.2, 0.25) is 0 Å². The second-order valence-electron chi connectivity index (χ2n) is 4.14. The number of aliphatic hydroxyl groups is 1. The first-order valence-electron chi connectivity index (χ1n) is 5.58. The summed E-state index contributed by atoms with van der Waals surface area (Å²) in [4.78, 5) is 0.157. The van der Waals surface area contributed by atoms with Gasteiger partial charge in [-0.15, -0.1) is 0 Å². The maximum absolute atomic E-state index is 12.2. The quantitative estimate of drug-likeness (QED) is 0.860. The summed E-state index contributed by atoms with van der Waals surface area (Å²) >= 11 is -0.132. The fourth-order valence-electron chi connectivity index (χ4n) is 2.05. The monoisotopic (exact) mass is 278 g/mol. The van der Waals surface area contributed by atoms with Gasteiger partial charge < -0.3 is 9.84 Å². The SMILES string of the molecule is OCC1CCOC1c1ccc(SC(F)(F)F)cc1. The molecule has 18 heavy (non-hydrogen) atoms. The van der Waals surface area contributed by atoms with Crippen LogP contribution in [0.5, 0.6) is 0 Å². The summed E-state index contributed by atoms with van der Waals surface area (Å²) in [5.41, 5.74) is -3.45. The maximum Gasteiger partial charge on any atom is 0.446 e. The summed E-state index contributed by atoms with van der Waals surface area (Å²) in [5, 5.41) is 9.17. The third-order valence-electron chi connectivity index (χ3n) is 2.89. The zero-order valence-electron chi connectivity index (χ0n) is 9.48. The van der Waals surface area contributed by atoms with Crippen molar-refractivity contribution in [2.75, 3.05) is 13.2 Å². The molecule has 0 bridgehead atoms. The Morgan fingerprint density at radius 2 is 1.94 bits per heavy atom. The summed E-state index contributed by atoms with van der Waals surface area (Å²) in [6, 6.07) is 6.13. The third kappa shape index (κ3) is 3.40. The molecule has 0 aliphatic carbocycles. The van der Waals surface area contributed by atoms with Crippen LogP contribution in [0, 0.1) is 5.92 Å². The number of ether oxygens (including phenoxy) is 1. The average Bonchev–Trinajstić information content (AvgIpc) is 2.76. The predicted octanol–water partition coefficient (Wildman–Crippen LogP) is 3.37. The van der Waals surface area contributed by atoms with Gasteiger partial charge in [-0.1, -0.05) is 12.1 Å². The molecule has 1 heterocycles. The van der Waals surface area contributed by atoms with Gasteiger partial charge in [0.05, 0.1) is 6.10 Å². The first-order chi connectivity index (χ1) is 8.49. The lowest BCUT2D eigenvalue weighted by Gasteiger charge is -2.17. The fraction of sp³-hybridized carbons (Fsp3) is 0.500. The van der Waals surface area contributed by atoms with Crippen molar-refractivity contribution in [3.8, 4) is 0 Å². The average molecular weight is 278 g/mol. The zero-order valence-corrected chi connectivity index (χ0v) is 10.3. The highest BCUT2D eigenvalue weighted by Gasteiger charge is 2.31. The molecule has 1 saturated heterocycles. The minimum Gasteiger partial charge on any atom is -0.396 e. The molecule has 1 aliphatic rings. The van der Waals surface area contributed by atoms with Gasteiger partial charge in [0.15, 0.2) is 0 Å². The van der Waals surface area contributed by atoms with E-state index in [2.05, 4.69) is 0 Å². The van der Waals surface area contributed by atoms with Gasteiger partial charge in [0.25, 0.3) is 0 Å². The Kier molecular flexibility index (Phi) is 4.19. The standard InChI is InChI=1S/C12H13F3O2S/c13-12(14,15)18-10-3-1-8(2-4-10)11-9(7-16)5-6-17-11/h1-4,9,11,16H,5-7H2. The summed E-state index contributed by atoms with van der Waals surface area (Å²) in [6.45, 7) is 0.610. The van der Waals surface area contributed by atoms with Crippen molar-refractivity contribution in [3.05, 3.63) is 29.8 Å². The molecule has 2 rings (SSSR count). The highest BCUT2D eigenvalue weighted by molar-refractivity contribution is 8.00. The summed E-state index contributed by atoms with van der Waals surface area (Å²) < 4.78 is 42.0. The molecule has 2 nitrogen and oxygen atoms in total. The number of halogens is 3. The van der Waals surface area contributed by atoms with E-state index in [0.29, 0.717) is 6.61 Å². The smallest absolute Gasteiger partial charge is 0.396 e. The Labute approximate surface area is 107 Å². The van der Waals surface area contributed by atoms with Crippen LogP contribution in [-0.4, -0.2) is 23.8 Å². The Balaban J connectivity index is 2.08. The Morgan fingerprint density at radius 3 is 2.50 bits per heavy atom. The second-order valence-corrected chi connectivity index (χ2v) is 5.28. The fourth-order valence-corrected chi connectivity index (χ4v) is 2.59. The van der Waals surface area contributed by atoms with Crippen LogP contribution in [0.4, 0.5) is 13.2 Å². The molecular formula is C12H13F3O2S. The molecule has 0 radical (unpaired) electrons. The van der Waals surface area contributed by atoms with Gasteiger partial charge in [0, 0.05) is 24.0 Å². The minimum absolute atomic E-state index is 0.0315. The molecule has 100 valence electrons. The lowest BCUT2D eigenvalue weighted by atomic mass is 9.96. The van der Waals surface area contributed by atoms with Gasteiger partial charge in [-0.25, -0.2) is 0 Å². The molecule has 1 aromatic rings. The predicted molar refractivity (Wildman–Crippen MR) is 62.2 cm³/mol. The van der Waals surface area contributed by atoms with Crippen molar-refractivity contribution in [1.82, 2.24) is 0 Å². The minimum atomic E-state index is -4.26. The van der Waals surface area contributed by atoms with Crippen molar-refractivity contribution >= 4 is 11.8 Å². The topological polar surface area (TPSA) is 29.5 Å². The molecule has 0 saturated carbocycles. The van der Waals surface area contributed by atoms with Gasteiger partial charge in [0.1, 0.15) is 0 Å². The molecule has 1 aliphatic heterocycles. The van der Waals surface area contributed by atoms with E-state index in [1.54, 1.807) is 12.1 Å². The molecule has 1 fully saturated rings. The maximum atomic E-state index is 12.2. The number of rotatable bonds is 3. The van der Waals surface area contributed by atoms with Gasteiger partial charge in [-0.3, -0.25) is 0 Å². The summed E-state index contributed by atoms with van der Waals surface area (Å²) in [7, 11) is 0. The van der Waals surface area contributed by atoms with E-state index in [1.807, 2.05) is 0 Å². The first kappa shape index (κ1) is 13.7. The summed E-state index contributed by atoms with van der Waals surface area (Å²) in [5.74, 6) is 0.0334. The third-order valence-corrected chi connectivity index (χ3v) is 3.63. The van der Waals surface area contributed by atoms with E-state index in [1.165, 1.54) is 12.1 Å². The Bertz CT molecular complexity index is 391. The second kappa shape index (κ2) is 5.50. The van der Waals surface area contributed by atoms with Gasteiger partial charge in [-0.05, 0) is 35.9 Å². The van der Waals surface area contributed by atoms with Gasteiger partial charge in [0.2, 0.25) is 0 Å². The lowest BCUT2D eigenvalue weighted by Crippen LogP contribution is -2.11. The molecule has 2 atom stereocenters.